The fourth-order valence-corrected chi connectivity index (χ4v) is 4.67. The molecule has 0 amide bonds. The van der Waals surface area contributed by atoms with Crippen molar-refractivity contribution < 1.29 is 0 Å². The van der Waals surface area contributed by atoms with E-state index in [4.69, 9.17) is 0 Å². The third-order valence-electron chi connectivity index (χ3n) is 4.60. The molecular formula is C18H27Br. The normalized spacial score (nSPS) is 18.5. The lowest BCUT2D eigenvalue weighted by Crippen LogP contribution is -2.08. The number of alkyl halides is 1. The van der Waals surface area contributed by atoms with E-state index >= 15 is 0 Å². The molecule has 0 spiro atoms. The van der Waals surface area contributed by atoms with Crippen LogP contribution in [0.15, 0.2) is 12.1 Å². The van der Waals surface area contributed by atoms with E-state index in [-0.39, 0.29) is 0 Å². The molecule has 1 heteroatoms. The summed E-state index contributed by atoms with van der Waals surface area (Å²) in [5.74, 6) is 0.986. The van der Waals surface area contributed by atoms with E-state index in [2.05, 4.69) is 48.8 Å². The number of aryl methyl sites for hydroxylation is 3. The van der Waals surface area contributed by atoms with Gasteiger partial charge in [0.2, 0.25) is 0 Å². The predicted octanol–water partition coefficient (Wildman–Crippen LogP) is 6.41. The van der Waals surface area contributed by atoms with Crippen LogP contribution in [0.1, 0.15) is 72.0 Å². The standard InChI is InChI=1S/C18H27Br/c1-13-11-14(2)18(15(3)12-13)17(19)10-9-16-7-5-4-6-8-16/h11-12,16-17H,4-10H2,1-3H3. The third-order valence-corrected chi connectivity index (χ3v) is 5.52. The van der Waals surface area contributed by atoms with Crippen LogP contribution in [0.25, 0.3) is 0 Å². The van der Waals surface area contributed by atoms with Crippen LogP contribution in [0.2, 0.25) is 0 Å². The monoisotopic (exact) mass is 322 g/mol. The molecule has 0 heterocycles. The molecule has 1 aliphatic rings. The first-order valence-electron chi connectivity index (χ1n) is 7.79. The average Bonchev–Trinajstić information content (AvgIpc) is 2.36. The highest BCUT2D eigenvalue weighted by Crippen LogP contribution is 2.36. The quantitative estimate of drug-likeness (QED) is 0.562. The summed E-state index contributed by atoms with van der Waals surface area (Å²) in [5.41, 5.74) is 5.80. The highest BCUT2D eigenvalue weighted by Gasteiger charge is 2.18. The van der Waals surface area contributed by atoms with Crippen molar-refractivity contribution in [2.24, 2.45) is 5.92 Å². The molecule has 19 heavy (non-hydrogen) atoms. The van der Waals surface area contributed by atoms with Crippen molar-refractivity contribution in [1.82, 2.24) is 0 Å². The van der Waals surface area contributed by atoms with Crippen LogP contribution in [0, 0.1) is 26.7 Å². The van der Waals surface area contributed by atoms with Gasteiger partial charge in [-0.05, 0) is 56.2 Å². The summed E-state index contributed by atoms with van der Waals surface area (Å²) in [5, 5.41) is 0. The maximum atomic E-state index is 3.94. The topological polar surface area (TPSA) is 0 Å². The predicted molar refractivity (Wildman–Crippen MR) is 88.1 cm³/mol. The summed E-state index contributed by atoms with van der Waals surface area (Å²) in [7, 11) is 0. The molecule has 1 fully saturated rings. The minimum Gasteiger partial charge on any atom is -0.0839 e. The average molecular weight is 323 g/mol. The zero-order chi connectivity index (χ0) is 13.8. The van der Waals surface area contributed by atoms with Gasteiger partial charge < -0.3 is 0 Å². The zero-order valence-electron chi connectivity index (χ0n) is 12.6. The Bertz CT molecular complexity index is 393. The largest absolute Gasteiger partial charge is 0.0839 e. The third kappa shape index (κ3) is 4.08. The van der Waals surface area contributed by atoms with E-state index in [1.54, 1.807) is 0 Å². The van der Waals surface area contributed by atoms with E-state index in [9.17, 15) is 0 Å². The fourth-order valence-electron chi connectivity index (χ4n) is 3.69. The highest BCUT2D eigenvalue weighted by molar-refractivity contribution is 9.09. The van der Waals surface area contributed by atoms with Crippen molar-refractivity contribution in [3.05, 3.63) is 34.4 Å². The summed E-state index contributed by atoms with van der Waals surface area (Å²) in [6.07, 6.45) is 9.99. The molecule has 1 atom stereocenters. The van der Waals surface area contributed by atoms with Crippen molar-refractivity contribution in [2.75, 3.05) is 0 Å². The van der Waals surface area contributed by atoms with E-state index in [1.807, 2.05) is 0 Å². The highest BCUT2D eigenvalue weighted by atomic mass is 79.9. The molecule has 1 aliphatic carbocycles. The molecule has 1 saturated carbocycles. The van der Waals surface area contributed by atoms with Gasteiger partial charge in [0.05, 0.1) is 0 Å². The van der Waals surface area contributed by atoms with Gasteiger partial charge in [0.1, 0.15) is 0 Å². The number of halogens is 1. The lowest BCUT2D eigenvalue weighted by molar-refractivity contribution is 0.332. The Morgan fingerprint density at radius 3 is 2.21 bits per heavy atom. The van der Waals surface area contributed by atoms with Crippen LogP contribution < -0.4 is 0 Å². The van der Waals surface area contributed by atoms with Gasteiger partial charge in [-0.3, -0.25) is 0 Å². The van der Waals surface area contributed by atoms with E-state index in [0.717, 1.165) is 5.92 Å². The van der Waals surface area contributed by atoms with Crippen molar-refractivity contribution in [1.29, 1.82) is 0 Å². The van der Waals surface area contributed by atoms with Gasteiger partial charge in [0, 0.05) is 4.83 Å². The Hall–Kier alpha value is -0.300. The van der Waals surface area contributed by atoms with Crippen molar-refractivity contribution in [3.8, 4) is 0 Å². The Labute approximate surface area is 127 Å². The fraction of sp³-hybridized carbons (Fsp3) is 0.667. The second-order valence-corrected chi connectivity index (χ2v) is 7.47. The van der Waals surface area contributed by atoms with Crippen LogP contribution in [0.4, 0.5) is 0 Å². The lowest BCUT2D eigenvalue weighted by Gasteiger charge is -2.24. The van der Waals surface area contributed by atoms with E-state index in [1.165, 1.54) is 67.2 Å². The summed E-state index contributed by atoms with van der Waals surface area (Å²) in [6, 6.07) is 4.63. The van der Waals surface area contributed by atoms with Crippen molar-refractivity contribution >= 4 is 15.9 Å². The summed E-state index contributed by atoms with van der Waals surface area (Å²) in [4.78, 5) is 0.537. The minimum atomic E-state index is 0.537. The van der Waals surface area contributed by atoms with Gasteiger partial charge in [-0.15, -0.1) is 0 Å². The summed E-state index contributed by atoms with van der Waals surface area (Å²) < 4.78 is 0. The second kappa shape index (κ2) is 6.92. The second-order valence-electron chi connectivity index (χ2n) is 6.36. The van der Waals surface area contributed by atoms with Crippen molar-refractivity contribution in [3.63, 3.8) is 0 Å². The van der Waals surface area contributed by atoms with Gasteiger partial charge in [0.15, 0.2) is 0 Å². The molecular weight excluding hydrogens is 296 g/mol. The summed E-state index contributed by atoms with van der Waals surface area (Å²) in [6.45, 7) is 6.70. The Kier molecular flexibility index (Phi) is 5.50. The van der Waals surface area contributed by atoms with Gasteiger partial charge in [-0.1, -0.05) is 65.7 Å². The van der Waals surface area contributed by atoms with Crippen LogP contribution in [0.3, 0.4) is 0 Å². The molecule has 0 N–H and O–H groups in total. The van der Waals surface area contributed by atoms with Gasteiger partial charge in [0.25, 0.3) is 0 Å². The Morgan fingerprint density at radius 2 is 1.63 bits per heavy atom. The van der Waals surface area contributed by atoms with Gasteiger partial charge >= 0.3 is 0 Å². The first-order valence-corrected chi connectivity index (χ1v) is 8.71. The first-order chi connectivity index (χ1) is 9.08. The molecule has 1 aromatic carbocycles. The number of rotatable bonds is 4. The van der Waals surface area contributed by atoms with Crippen LogP contribution in [-0.2, 0) is 0 Å². The van der Waals surface area contributed by atoms with Crippen LogP contribution >= 0.6 is 15.9 Å². The maximum absolute atomic E-state index is 3.94. The number of hydrogen-bond donors (Lipinski definition) is 0. The van der Waals surface area contributed by atoms with Crippen molar-refractivity contribution in [2.45, 2.75) is 70.5 Å². The molecule has 1 aromatic rings. The van der Waals surface area contributed by atoms with E-state index < -0.39 is 0 Å². The molecule has 0 nitrogen and oxygen atoms in total. The molecule has 0 radical (unpaired) electrons. The molecule has 106 valence electrons. The minimum absolute atomic E-state index is 0.537. The van der Waals surface area contributed by atoms with Crippen LogP contribution in [-0.4, -0.2) is 0 Å². The number of benzene rings is 1. The Morgan fingerprint density at radius 1 is 1.05 bits per heavy atom. The zero-order valence-corrected chi connectivity index (χ0v) is 14.2. The van der Waals surface area contributed by atoms with Gasteiger partial charge in [-0.2, -0.15) is 0 Å². The molecule has 0 bridgehead atoms. The maximum Gasteiger partial charge on any atom is 0.0400 e. The lowest BCUT2D eigenvalue weighted by atomic mass is 9.84. The molecule has 0 saturated heterocycles. The van der Waals surface area contributed by atoms with Gasteiger partial charge in [-0.25, -0.2) is 0 Å². The Balaban J connectivity index is 1.97. The molecule has 0 aromatic heterocycles. The summed E-state index contributed by atoms with van der Waals surface area (Å²) >= 11 is 3.94. The van der Waals surface area contributed by atoms with E-state index in [0.29, 0.717) is 4.83 Å². The molecule has 2 rings (SSSR count). The molecule has 1 unspecified atom stereocenters. The first kappa shape index (κ1) is 15.1. The van der Waals surface area contributed by atoms with Crippen LogP contribution in [0.5, 0.6) is 0 Å². The SMILES string of the molecule is Cc1cc(C)c(C(Br)CCC2CCCCC2)c(C)c1. The smallest absolute Gasteiger partial charge is 0.0400 e. The number of hydrogen-bond acceptors (Lipinski definition) is 0. The molecule has 0 aliphatic heterocycles.